The topological polar surface area (TPSA) is 120 Å². The lowest BCUT2D eigenvalue weighted by Gasteiger charge is -2.21. The molecule has 1 fully saturated rings. The molecule has 0 aliphatic heterocycles. The largest absolute Gasteiger partial charge is 0.452 e. The number of pyridine rings is 1. The third-order valence-corrected chi connectivity index (χ3v) is 5.80. The molecule has 1 N–H and O–H groups in total. The van der Waals surface area contributed by atoms with Gasteiger partial charge in [-0.05, 0) is 43.9 Å². The number of aromatic nitrogens is 6. The van der Waals surface area contributed by atoms with Gasteiger partial charge in [0.2, 0.25) is 11.7 Å². The molecule has 0 bridgehead atoms. The number of nitrogens with zero attached hydrogens (tertiary/aromatic N) is 6. The van der Waals surface area contributed by atoms with Crippen LogP contribution in [-0.2, 0) is 0 Å². The van der Waals surface area contributed by atoms with Gasteiger partial charge < -0.3 is 14.6 Å². The Morgan fingerprint density at radius 1 is 1.21 bits per heavy atom. The highest BCUT2D eigenvalue weighted by atomic mass is 16.5. The fourth-order valence-corrected chi connectivity index (χ4v) is 3.92. The van der Waals surface area contributed by atoms with Crippen LogP contribution in [0.2, 0.25) is 0 Å². The van der Waals surface area contributed by atoms with Crippen LogP contribution in [-0.4, -0.2) is 42.1 Å². The minimum atomic E-state index is -0.553. The molecule has 10 heteroatoms. The zero-order valence-electron chi connectivity index (χ0n) is 18.4. The van der Waals surface area contributed by atoms with Gasteiger partial charge in [-0.1, -0.05) is 23.4 Å². The van der Waals surface area contributed by atoms with Gasteiger partial charge in [0.25, 0.3) is 5.91 Å². The van der Waals surface area contributed by atoms with Crippen LogP contribution in [0.15, 0.2) is 59.4 Å². The van der Waals surface area contributed by atoms with E-state index in [1.165, 1.54) is 6.20 Å². The molecule has 1 aliphatic rings. The number of hydrogen-bond acceptors (Lipinski definition) is 8. The zero-order valence-corrected chi connectivity index (χ0v) is 18.4. The Hall–Kier alpha value is -4.34. The van der Waals surface area contributed by atoms with Crippen molar-refractivity contribution in [2.45, 2.75) is 32.4 Å². The second kappa shape index (κ2) is 8.22. The first-order valence-corrected chi connectivity index (χ1v) is 11.1. The maximum Gasteiger partial charge on any atom is 0.255 e. The Bertz CT molecular complexity index is 1490. The number of carbonyl (C=O) groups is 1. The average Bonchev–Trinajstić information content (AvgIpc) is 3.40. The van der Waals surface area contributed by atoms with Crippen LogP contribution in [0, 0.1) is 12.8 Å². The van der Waals surface area contributed by atoms with Gasteiger partial charge in [-0.15, -0.1) is 15.3 Å². The van der Waals surface area contributed by atoms with E-state index >= 15 is 0 Å². The van der Waals surface area contributed by atoms with Crippen molar-refractivity contribution < 1.29 is 14.1 Å². The van der Waals surface area contributed by atoms with Gasteiger partial charge in [-0.2, -0.15) is 4.52 Å². The maximum absolute atomic E-state index is 12.8. The van der Waals surface area contributed by atoms with E-state index in [4.69, 9.17) is 14.4 Å². The highest BCUT2D eigenvalue weighted by Gasteiger charge is 2.29. The molecule has 1 atom stereocenters. The quantitative estimate of drug-likeness (QED) is 0.370. The number of ether oxygens (including phenoxy) is 1. The minimum absolute atomic E-state index is 0.243. The van der Waals surface area contributed by atoms with E-state index in [1.54, 1.807) is 28.9 Å². The van der Waals surface area contributed by atoms with Crippen molar-refractivity contribution in [2.75, 3.05) is 0 Å². The molecule has 6 rings (SSSR count). The molecule has 1 amide bonds. The molecule has 170 valence electrons. The maximum atomic E-state index is 12.8. The van der Waals surface area contributed by atoms with Crippen LogP contribution in [0.4, 0.5) is 0 Å². The highest BCUT2D eigenvalue weighted by Crippen LogP contribution is 2.35. The molecule has 0 saturated heterocycles. The molecule has 0 radical (unpaired) electrons. The summed E-state index contributed by atoms with van der Waals surface area (Å²) >= 11 is 0. The second-order valence-corrected chi connectivity index (χ2v) is 8.43. The Morgan fingerprint density at radius 3 is 2.79 bits per heavy atom. The summed E-state index contributed by atoms with van der Waals surface area (Å²) < 4.78 is 13.2. The summed E-state index contributed by atoms with van der Waals surface area (Å²) in [4.78, 5) is 16.9. The van der Waals surface area contributed by atoms with Crippen molar-refractivity contribution in [1.82, 2.24) is 35.3 Å². The lowest BCUT2D eigenvalue weighted by Crippen LogP contribution is -2.39. The van der Waals surface area contributed by atoms with Crippen molar-refractivity contribution >= 4 is 22.3 Å². The van der Waals surface area contributed by atoms with E-state index in [0.29, 0.717) is 46.7 Å². The normalized spacial score (nSPS) is 14.4. The van der Waals surface area contributed by atoms with E-state index in [9.17, 15) is 4.79 Å². The number of aryl methyl sites for hydroxylation is 1. The smallest absolute Gasteiger partial charge is 0.255 e. The van der Waals surface area contributed by atoms with Crippen LogP contribution in [0.25, 0.3) is 27.9 Å². The van der Waals surface area contributed by atoms with Crippen molar-refractivity contribution in [2.24, 2.45) is 5.92 Å². The number of benzene rings is 1. The number of fused-ring (bicyclic) bond motifs is 3. The monoisotopic (exact) mass is 455 g/mol. The first kappa shape index (κ1) is 20.3. The molecular weight excluding hydrogens is 434 g/mol. The number of amides is 1. The molecule has 4 heterocycles. The predicted octanol–water partition coefficient (Wildman–Crippen LogP) is 3.57. The summed E-state index contributed by atoms with van der Waals surface area (Å²) in [6.45, 7) is 1.81. The van der Waals surface area contributed by atoms with Gasteiger partial charge in [0.1, 0.15) is 5.76 Å². The van der Waals surface area contributed by atoms with Crippen LogP contribution < -0.4 is 10.1 Å². The van der Waals surface area contributed by atoms with E-state index in [-0.39, 0.29) is 5.91 Å². The molecule has 1 aromatic carbocycles. The van der Waals surface area contributed by atoms with E-state index in [0.717, 1.165) is 23.6 Å². The van der Waals surface area contributed by atoms with Crippen molar-refractivity contribution in [3.63, 3.8) is 0 Å². The molecule has 0 spiro atoms. The van der Waals surface area contributed by atoms with Crippen molar-refractivity contribution in [3.05, 3.63) is 66.2 Å². The third kappa shape index (κ3) is 3.83. The molecule has 4 aromatic heterocycles. The number of hydrogen-bond donors (Lipinski definition) is 1. The number of rotatable bonds is 7. The van der Waals surface area contributed by atoms with E-state index in [2.05, 4.69) is 25.7 Å². The number of carbonyl (C=O) groups excluding carboxylic acids is 1. The number of nitrogens with one attached hydrogen (secondary N) is 1. The molecule has 1 saturated carbocycles. The first-order valence-electron chi connectivity index (χ1n) is 11.1. The molecule has 1 aliphatic carbocycles. The molecule has 5 aromatic rings. The summed E-state index contributed by atoms with van der Waals surface area (Å²) in [6.07, 6.45) is 5.55. The van der Waals surface area contributed by atoms with Gasteiger partial charge in [0, 0.05) is 35.7 Å². The lowest BCUT2D eigenvalue weighted by molar-refractivity contribution is 0.0797. The lowest BCUT2D eigenvalue weighted by atomic mass is 10.2. The Morgan fingerprint density at radius 2 is 2.06 bits per heavy atom. The Kier molecular flexibility index (Phi) is 4.90. The first-order chi connectivity index (χ1) is 16.7. The van der Waals surface area contributed by atoms with Crippen molar-refractivity contribution in [3.8, 4) is 17.4 Å². The summed E-state index contributed by atoms with van der Waals surface area (Å²) in [7, 11) is 0. The second-order valence-electron chi connectivity index (χ2n) is 8.43. The van der Waals surface area contributed by atoms with Crippen LogP contribution in [0.1, 0.15) is 35.4 Å². The zero-order chi connectivity index (χ0) is 23.1. The summed E-state index contributed by atoms with van der Waals surface area (Å²) in [5.41, 5.74) is 1.58. The molecular formula is C24H21N7O3. The molecule has 1 unspecified atom stereocenters. The van der Waals surface area contributed by atoms with Crippen LogP contribution in [0.3, 0.4) is 0 Å². The summed E-state index contributed by atoms with van der Waals surface area (Å²) in [5.74, 6) is 1.75. The Labute approximate surface area is 193 Å². The van der Waals surface area contributed by atoms with E-state index in [1.807, 2.05) is 31.2 Å². The van der Waals surface area contributed by atoms with Gasteiger partial charge in [-0.3, -0.25) is 9.78 Å². The van der Waals surface area contributed by atoms with Crippen LogP contribution in [0.5, 0.6) is 5.88 Å². The minimum Gasteiger partial charge on any atom is -0.452 e. The molecule has 34 heavy (non-hydrogen) atoms. The highest BCUT2D eigenvalue weighted by molar-refractivity contribution is 5.97. The fraction of sp³-hybridized carbons (Fsp3) is 0.250. The Balaban J connectivity index is 1.40. The van der Waals surface area contributed by atoms with Gasteiger partial charge in [0.15, 0.2) is 17.6 Å². The van der Waals surface area contributed by atoms with Gasteiger partial charge >= 0.3 is 0 Å². The summed E-state index contributed by atoms with van der Waals surface area (Å²) in [5, 5.41) is 22.0. The van der Waals surface area contributed by atoms with Gasteiger partial charge in [-0.25, -0.2) is 0 Å². The SMILES string of the molecule is Cc1cc(-c2nnc3c4ccccc4c(OC(CC4CC4)NC(=O)c4cccnc4)nn23)no1. The standard InChI is InChI=1S/C24H21N7O3/c1-14-11-19(30-34-14)22-28-27-21-17-6-2-3-7-18(17)24(29-31(21)22)33-20(12-15-8-9-15)26-23(32)16-5-4-10-25-13-16/h2-7,10-11,13,15,20H,8-9,12H2,1H3,(H,26,32). The average molecular weight is 455 g/mol. The predicted molar refractivity (Wildman–Crippen MR) is 122 cm³/mol. The summed E-state index contributed by atoms with van der Waals surface area (Å²) in [6, 6.07) is 12.9. The third-order valence-electron chi connectivity index (χ3n) is 5.80. The molecule has 10 nitrogen and oxygen atoms in total. The van der Waals surface area contributed by atoms with Crippen LogP contribution >= 0.6 is 0 Å². The van der Waals surface area contributed by atoms with E-state index < -0.39 is 6.23 Å². The fourth-order valence-electron chi connectivity index (χ4n) is 3.92. The van der Waals surface area contributed by atoms with Crippen molar-refractivity contribution in [1.29, 1.82) is 0 Å². The van der Waals surface area contributed by atoms with Gasteiger partial charge in [0.05, 0.1) is 5.56 Å².